The van der Waals surface area contributed by atoms with E-state index in [0.29, 0.717) is 26.1 Å². The third kappa shape index (κ3) is 4.37. The van der Waals surface area contributed by atoms with Gasteiger partial charge in [-0.25, -0.2) is 0 Å². The molecule has 0 spiro atoms. The Balaban J connectivity index is 2.65. The zero-order valence-corrected chi connectivity index (χ0v) is 12.0. The maximum atomic E-state index is 12.7. The molecule has 19 heavy (non-hydrogen) atoms. The molecule has 1 unspecified atom stereocenters. The minimum absolute atomic E-state index is 0.00834. The summed E-state index contributed by atoms with van der Waals surface area (Å²) in [6.45, 7) is 8.25. The molecular formula is C13H23F3N2O. The van der Waals surface area contributed by atoms with Crippen LogP contribution in [0.4, 0.5) is 13.2 Å². The molecule has 0 aliphatic carbocycles. The molecule has 1 atom stereocenters. The van der Waals surface area contributed by atoms with Crippen LogP contribution in [-0.2, 0) is 4.79 Å². The molecule has 1 saturated heterocycles. The van der Waals surface area contributed by atoms with Gasteiger partial charge in [-0.1, -0.05) is 20.8 Å². The van der Waals surface area contributed by atoms with Crippen LogP contribution in [0.5, 0.6) is 0 Å². The fraction of sp³-hybridized carbons (Fsp3) is 0.923. The van der Waals surface area contributed by atoms with Crippen molar-refractivity contribution in [2.45, 2.75) is 46.3 Å². The van der Waals surface area contributed by atoms with Gasteiger partial charge in [0, 0.05) is 31.6 Å². The standard InChI is InChI=1S/C13H23F3N2O/c1-10(13(14,15)16)17-6-5-7-18(9-8-17)11(19)12(2,3)4/h10H,5-9H2,1-4H3. The molecule has 1 fully saturated rings. The van der Waals surface area contributed by atoms with Crippen LogP contribution in [0.3, 0.4) is 0 Å². The molecule has 112 valence electrons. The molecule has 0 aromatic rings. The maximum Gasteiger partial charge on any atom is 0.403 e. The molecule has 0 saturated carbocycles. The molecule has 0 aromatic heterocycles. The second-order valence-corrected chi connectivity index (χ2v) is 6.15. The summed E-state index contributed by atoms with van der Waals surface area (Å²) in [5.41, 5.74) is -0.481. The average molecular weight is 280 g/mol. The summed E-state index contributed by atoms with van der Waals surface area (Å²) in [5, 5.41) is 0. The van der Waals surface area contributed by atoms with Crippen molar-refractivity contribution in [1.29, 1.82) is 0 Å². The van der Waals surface area contributed by atoms with E-state index in [0.717, 1.165) is 0 Å². The molecule has 1 rings (SSSR count). The fourth-order valence-corrected chi connectivity index (χ4v) is 2.21. The Labute approximate surface area is 112 Å². The lowest BCUT2D eigenvalue weighted by Gasteiger charge is -2.30. The summed E-state index contributed by atoms with van der Waals surface area (Å²) in [4.78, 5) is 15.2. The lowest BCUT2D eigenvalue weighted by atomic mass is 9.94. The Morgan fingerprint density at radius 1 is 1.05 bits per heavy atom. The van der Waals surface area contributed by atoms with Gasteiger partial charge in [0.25, 0.3) is 0 Å². The van der Waals surface area contributed by atoms with Gasteiger partial charge >= 0.3 is 6.18 Å². The molecule has 1 heterocycles. The van der Waals surface area contributed by atoms with Gasteiger partial charge in [0.2, 0.25) is 5.91 Å². The van der Waals surface area contributed by atoms with E-state index in [9.17, 15) is 18.0 Å². The van der Waals surface area contributed by atoms with Crippen molar-refractivity contribution in [1.82, 2.24) is 9.80 Å². The molecule has 0 radical (unpaired) electrons. The number of nitrogens with zero attached hydrogens (tertiary/aromatic N) is 2. The predicted molar refractivity (Wildman–Crippen MR) is 67.7 cm³/mol. The van der Waals surface area contributed by atoms with Gasteiger partial charge in [-0.2, -0.15) is 13.2 Å². The highest BCUT2D eigenvalue weighted by Crippen LogP contribution is 2.26. The smallest absolute Gasteiger partial charge is 0.341 e. The number of carbonyl (C=O) groups is 1. The largest absolute Gasteiger partial charge is 0.403 e. The zero-order chi connectivity index (χ0) is 14.8. The lowest BCUT2D eigenvalue weighted by Crippen LogP contribution is -2.46. The third-order valence-corrected chi connectivity index (χ3v) is 3.48. The maximum absolute atomic E-state index is 12.7. The van der Waals surface area contributed by atoms with E-state index < -0.39 is 17.6 Å². The Morgan fingerprint density at radius 2 is 1.63 bits per heavy atom. The number of halogens is 3. The minimum atomic E-state index is -4.21. The molecule has 1 amide bonds. The van der Waals surface area contributed by atoms with Gasteiger partial charge < -0.3 is 4.90 Å². The van der Waals surface area contributed by atoms with E-state index in [4.69, 9.17) is 0 Å². The monoisotopic (exact) mass is 280 g/mol. The number of carbonyl (C=O) groups excluding carboxylic acids is 1. The van der Waals surface area contributed by atoms with Crippen LogP contribution in [0.2, 0.25) is 0 Å². The van der Waals surface area contributed by atoms with E-state index in [2.05, 4.69) is 0 Å². The molecule has 3 nitrogen and oxygen atoms in total. The van der Waals surface area contributed by atoms with Crippen molar-refractivity contribution in [2.75, 3.05) is 26.2 Å². The highest BCUT2D eigenvalue weighted by molar-refractivity contribution is 5.81. The first-order chi connectivity index (χ1) is 8.53. The highest BCUT2D eigenvalue weighted by atomic mass is 19.4. The van der Waals surface area contributed by atoms with Crippen LogP contribution < -0.4 is 0 Å². The Kier molecular flexibility index (Phi) is 4.87. The molecule has 1 aliphatic heterocycles. The number of alkyl halides is 3. The lowest BCUT2D eigenvalue weighted by molar-refractivity contribution is -0.178. The Bertz CT molecular complexity index is 323. The van der Waals surface area contributed by atoms with Crippen molar-refractivity contribution in [3.8, 4) is 0 Å². The van der Waals surface area contributed by atoms with Crippen LogP contribution >= 0.6 is 0 Å². The van der Waals surface area contributed by atoms with E-state index >= 15 is 0 Å². The Hall–Kier alpha value is -0.780. The summed E-state index contributed by atoms with van der Waals surface area (Å²) < 4.78 is 38.1. The van der Waals surface area contributed by atoms with Crippen LogP contribution in [0.1, 0.15) is 34.1 Å². The third-order valence-electron chi connectivity index (χ3n) is 3.48. The van der Waals surface area contributed by atoms with E-state index in [1.807, 2.05) is 20.8 Å². The summed E-state index contributed by atoms with van der Waals surface area (Å²) in [7, 11) is 0. The first kappa shape index (κ1) is 16.3. The van der Waals surface area contributed by atoms with Gasteiger partial charge in [-0.3, -0.25) is 9.69 Å². The molecule has 6 heteroatoms. The van der Waals surface area contributed by atoms with Gasteiger partial charge in [0.15, 0.2) is 0 Å². The summed E-state index contributed by atoms with van der Waals surface area (Å²) in [6, 6.07) is -1.45. The van der Waals surface area contributed by atoms with Crippen molar-refractivity contribution >= 4 is 5.91 Å². The van der Waals surface area contributed by atoms with Crippen molar-refractivity contribution in [3.63, 3.8) is 0 Å². The van der Waals surface area contributed by atoms with Crippen molar-refractivity contribution in [2.24, 2.45) is 5.41 Å². The van der Waals surface area contributed by atoms with E-state index in [1.165, 1.54) is 11.8 Å². The molecule has 0 N–H and O–H groups in total. The van der Waals surface area contributed by atoms with E-state index in [-0.39, 0.29) is 12.5 Å². The average Bonchev–Trinajstić information content (AvgIpc) is 2.49. The van der Waals surface area contributed by atoms with E-state index in [1.54, 1.807) is 4.90 Å². The van der Waals surface area contributed by atoms with Crippen molar-refractivity contribution in [3.05, 3.63) is 0 Å². The number of hydrogen-bond acceptors (Lipinski definition) is 2. The number of rotatable bonds is 1. The predicted octanol–water partition coefficient (Wildman–Crippen LogP) is 2.52. The quantitative estimate of drug-likeness (QED) is 0.737. The molecular weight excluding hydrogens is 257 g/mol. The highest BCUT2D eigenvalue weighted by Gasteiger charge is 2.40. The Morgan fingerprint density at radius 3 is 2.11 bits per heavy atom. The van der Waals surface area contributed by atoms with Crippen LogP contribution in [0.15, 0.2) is 0 Å². The zero-order valence-electron chi connectivity index (χ0n) is 12.0. The first-order valence-electron chi connectivity index (χ1n) is 6.63. The second kappa shape index (κ2) is 5.69. The van der Waals surface area contributed by atoms with Gasteiger partial charge in [0.1, 0.15) is 6.04 Å². The summed E-state index contributed by atoms with van der Waals surface area (Å²) in [6.07, 6.45) is -3.62. The van der Waals surface area contributed by atoms with Gasteiger partial charge in [0.05, 0.1) is 0 Å². The van der Waals surface area contributed by atoms with Crippen LogP contribution in [0.25, 0.3) is 0 Å². The summed E-state index contributed by atoms with van der Waals surface area (Å²) >= 11 is 0. The minimum Gasteiger partial charge on any atom is -0.341 e. The molecule has 1 aliphatic rings. The van der Waals surface area contributed by atoms with Crippen LogP contribution in [-0.4, -0.2) is 54.1 Å². The first-order valence-corrected chi connectivity index (χ1v) is 6.63. The number of hydrogen-bond donors (Lipinski definition) is 0. The normalized spacial score (nSPS) is 21.1. The van der Waals surface area contributed by atoms with Gasteiger partial charge in [-0.15, -0.1) is 0 Å². The fourth-order valence-electron chi connectivity index (χ4n) is 2.21. The van der Waals surface area contributed by atoms with Crippen molar-refractivity contribution < 1.29 is 18.0 Å². The number of amides is 1. The summed E-state index contributed by atoms with van der Waals surface area (Å²) in [5.74, 6) is 0.00834. The topological polar surface area (TPSA) is 23.6 Å². The van der Waals surface area contributed by atoms with Crippen LogP contribution in [0, 0.1) is 5.41 Å². The SMILES string of the molecule is CC(N1CCCN(C(=O)C(C)(C)C)CC1)C(F)(F)F. The van der Waals surface area contributed by atoms with Gasteiger partial charge in [-0.05, 0) is 13.3 Å². The molecule has 0 aromatic carbocycles. The molecule has 0 bridgehead atoms. The second-order valence-electron chi connectivity index (χ2n) is 6.15.